The molecule has 0 unspecified atom stereocenters. The lowest BCUT2D eigenvalue weighted by molar-refractivity contribution is 0.0453. The van der Waals surface area contributed by atoms with Crippen LogP contribution in [-0.4, -0.2) is 33.4 Å². The van der Waals surface area contributed by atoms with Crippen LogP contribution in [0.2, 0.25) is 0 Å². The van der Waals surface area contributed by atoms with Gasteiger partial charge in [-0.25, -0.2) is 4.63 Å². The molecule has 0 amide bonds. The van der Waals surface area contributed by atoms with Gasteiger partial charge in [-0.05, 0) is 33.9 Å². The van der Waals surface area contributed by atoms with Crippen molar-refractivity contribution >= 4 is 11.0 Å². The first-order chi connectivity index (χ1) is 10.7. The summed E-state index contributed by atoms with van der Waals surface area (Å²) in [6, 6.07) is 15.8. The van der Waals surface area contributed by atoms with E-state index in [2.05, 4.69) is 15.2 Å². The zero-order chi connectivity index (χ0) is 15.0. The molecule has 5 nitrogen and oxygen atoms in total. The van der Waals surface area contributed by atoms with Crippen molar-refractivity contribution in [1.82, 2.24) is 15.2 Å². The Morgan fingerprint density at radius 3 is 2.82 bits per heavy atom. The van der Waals surface area contributed by atoms with Crippen molar-refractivity contribution in [2.75, 3.05) is 13.1 Å². The van der Waals surface area contributed by atoms with Gasteiger partial charge < -0.3 is 5.11 Å². The molecule has 0 bridgehead atoms. The highest BCUT2D eigenvalue weighted by molar-refractivity contribution is 5.76. The molecule has 3 aromatic rings. The Labute approximate surface area is 128 Å². The van der Waals surface area contributed by atoms with E-state index in [0.717, 1.165) is 41.7 Å². The third kappa shape index (κ3) is 2.28. The Kier molecular flexibility index (Phi) is 3.17. The lowest BCUT2D eigenvalue weighted by Crippen LogP contribution is -2.30. The van der Waals surface area contributed by atoms with Crippen molar-refractivity contribution in [3.05, 3.63) is 59.7 Å². The van der Waals surface area contributed by atoms with Crippen LogP contribution in [0.1, 0.15) is 17.5 Å². The molecular formula is C17H17N3O2. The fraction of sp³-hybridized carbons (Fsp3) is 0.294. The molecule has 1 fully saturated rings. The average molecular weight is 295 g/mol. The van der Waals surface area contributed by atoms with Gasteiger partial charge in [0.15, 0.2) is 0 Å². The standard InChI is InChI=1S/C17H17N3O2/c21-17(14-6-2-1-3-7-14)9-10-20(12-17)11-13-5-4-8-15-16(13)19-22-18-15/h1-8,21H,9-12H2/t17-/m1/s1. The number of likely N-dealkylation sites (tertiary alicyclic amines) is 1. The van der Waals surface area contributed by atoms with Crippen molar-refractivity contribution < 1.29 is 9.74 Å². The molecule has 0 aliphatic carbocycles. The topological polar surface area (TPSA) is 62.4 Å². The average Bonchev–Trinajstić information content (AvgIpc) is 3.17. The zero-order valence-electron chi connectivity index (χ0n) is 12.1. The van der Waals surface area contributed by atoms with Gasteiger partial charge in [-0.1, -0.05) is 42.5 Å². The SMILES string of the molecule is O[C@]1(c2ccccc2)CCN(Cc2cccc3nonc23)C1. The number of aromatic nitrogens is 2. The predicted octanol–water partition coefficient (Wildman–Crippen LogP) is 2.32. The van der Waals surface area contributed by atoms with Gasteiger partial charge in [0.2, 0.25) is 0 Å². The van der Waals surface area contributed by atoms with E-state index in [1.165, 1.54) is 0 Å². The summed E-state index contributed by atoms with van der Waals surface area (Å²) in [5, 5.41) is 18.8. The number of hydrogen-bond donors (Lipinski definition) is 1. The Balaban J connectivity index is 1.55. The molecular weight excluding hydrogens is 278 g/mol. The quantitative estimate of drug-likeness (QED) is 0.803. The lowest BCUT2D eigenvalue weighted by atomic mass is 9.93. The summed E-state index contributed by atoms with van der Waals surface area (Å²) in [6.07, 6.45) is 0.740. The second-order valence-corrected chi connectivity index (χ2v) is 5.91. The Morgan fingerprint density at radius 2 is 1.95 bits per heavy atom. The maximum absolute atomic E-state index is 10.9. The lowest BCUT2D eigenvalue weighted by Gasteiger charge is -2.24. The van der Waals surface area contributed by atoms with Gasteiger partial charge in [0.1, 0.15) is 16.6 Å². The van der Waals surface area contributed by atoms with E-state index in [4.69, 9.17) is 4.63 Å². The monoisotopic (exact) mass is 295 g/mol. The van der Waals surface area contributed by atoms with Gasteiger partial charge >= 0.3 is 0 Å². The summed E-state index contributed by atoms with van der Waals surface area (Å²) in [5.41, 5.74) is 2.87. The molecule has 0 spiro atoms. The summed E-state index contributed by atoms with van der Waals surface area (Å²) in [7, 11) is 0. The summed E-state index contributed by atoms with van der Waals surface area (Å²) < 4.78 is 4.81. The molecule has 1 aliphatic rings. The Hall–Kier alpha value is -2.24. The molecule has 1 atom stereocenters. The van der Waals surface area contributed by atoms with Gasteiger partial charge in [0.05, 0.1) is 0 Å². The molecule has 1 aromatic heterocycles. The summed E-state index contributed by atoms with van der Waals surface area (Å²) >= 11 is 0. The van der Waals surface area contributed by atoms with E-state index in [1.807, 2.05) is 48.5 Å². The van der Waals surface area contributed by atoms with E-state index >= 15 is 0 Å². The van der Waals surface area contributed by atoms with Crippen molar-refractivity contribution in [3.8, 4) is 0 Å². The minimum Gasteiger partial charge on any atom is -0.384 e. The number of nitrogens with zero attached hydrogens (tertiary/aromatic N) is 3. The Bertz CT molecular complexity index is 787. The van der Waals surface area contributed by atoms with Crippen LogP contribution in [0.15, 0.2) is 53.2 Å². The van der Waals surface area contributed by atoms with Crippen LogP contribution in [0.4, 0.5) is 0 Å². The molecule has 112 valence electrons. The number of fused-ring (bicyclic) bond motifs is 1. The van der Waals surface area contributed by atoms with Crippen molar-refractivity contribution in [3.63, 3.8) is 0 Å². The van der Waals surface area contributed by atoms with Crippen molar-refractivity contribution in [2.45, 2.75) is 18.6 Å². The number of rotatable bonds is 3. The van der Waals surface area contributed by atoms with Crippen LogP contribution in [0.25, 0.3) is 11.0 Å². The largest absolute Gasteiger partial charge is 0.384 e. The Morgan fingerprint density at radius 1 is 1.09 bits per heavy atom. The van der Waals surface area contributed by atoms with Gasteiger partial charge in [0, 0.05) is 19.6 Å². The molecule has 5 heteroatoms. The predicted molar refractivity (Wildman–Crippen MR) is 82.0 cm³/mol. The molecule has 0 saturated carbocycles. The summed E-state index contributed by atoms with van der Waals surface area (Å²) in [4.78, 5) is 2.25. The van der Waals surface area contributed by atoms with E-state index < -0.39 is 5.60 Å². The number of β-amino-alcohol motifs (C(OH)–C–C–N with tert-alkyl or cyclic N) is 1. The molecule has 1 aliphatic heterocycles. The van der Waals surface area contributed by atoms with E-state index in [1.54, 1.807) is 0 Å². The maximum atomic E-state index is 10.9. The first-order valence-corrected chi connectivity index (χ1v) is 7.45. The number of aliphatic hydroxyl groups is 1. The van der Waals surface area contributed by atoms with Crippen molar-refractivity contribution in [2.24, 2.45) is 0 Å². The third-order valence-electron chi connectivity index (χ3n) is 4.40. The fourth-order valence-corrected chi connectivity index (χ4v) is 3.22. The van der Waals surface area contributed by atoms with Gasteiger partial charge in [-0.2, -0.15) is 0 Å². The van der Waals surface area contributed by atoms with Gasteiger partial charge in [-0.3, -0.25) is 4.90 Å². The first kappa shape index (κ1) is 13.4. The second-order valence-electron chi connectivity index (χ2n) is 5.91. The molecule has 0 radical (unpaired) electrons. The van der Waals surface area contributed by atoms with E-state index in [9.17, 15) is 5.11 Å². The molecule has 4 rings (SSSR count). The molecule has 1 saturated heterocycles. The smallest absolute Gasteiger partial charge is 0.139 e. The molecule has 2 heterocycles. The maximum Gasteiger partial charge on any atom is 0.139 e. The highest BCUT2D eigenvalue weighted by Crippen LogP contribution is 2.32. The van der Waals surface area contributed by atoms with E-state index in [-0.39, 0.29) is 0 Å². The van der Waals surface area contributed by atoms with Crippen LogP contribution in [0.3, 0.4) is 0 Å². The van der Waals surface area contributed by atoms with Crippen LogP contribution in [0.5, 0.6) is 0 Å². The van der Waals surface area contributed by atoms with Gasteiger partial charge in [0.25, 0.3) is 0 Å². The van der Waals surface area contributed by atoms with Crippen LogP contribution >= 0.6 is 0 Å². The highest BCUT2D eigenvalue weighted by atomic mass is 16.6. The minimum atomic E-state index is -0.767. The summed E-state index contributed by atoms with van der Waals surface area (Å²) in [5.74, 6) is 0. The third-order valence-corrected chi connectivity index (χ3v) is 4.40. The number of hydrogen-bond acceptors (Lipinski definition) is 5. The number of benzene rings is 2. The van der Waals surface area contributed by atoms with Crippen LogP contribution in [0, 0.1) is 0 Å². The van der Waals surface area contributed by atoms with Crippen LogP contribution < -0.4 is 0 Å². The highest BCUT2D eigenvalue weighted by Gasteiger charge is 2.37. The second kappa shape index (κ2) is 5.19. The van der Waals surface area contributed by atoms with Gasteiger partial charge in [-0.15, -0.1) is 0 Å². The molecule has 2 aromatic carbocycles. The zero-order valence-corrected chi connectivity index (χ0v) is 12.1. The molecule has 1 N–H and O–H groups in total. The normalized spacial score (nSPS) is 22.4. The van der Waals surface area contributed by atoms with Crippen LogP contribution in [-0.2, 0) is 12.1 Å². The van der Waals surface area contributed by atoms with E-state index in [0.29, 0.717) is 6.54 Å². The van der Waals surface area contributed by atoms with Crippen molar-refractivity contribution in [1.29, 1.82) is 0 Å². The molecule has 22 heavy (non-hydrogen) atoms. The minimum absolute atomic E-state index is 0.624. The first-order valence-electron chi connectivity index (χ1n) is 7.45. The fourth-order valence-electron chi connectivity index (χ4n) is 3.22. The summed E-state index contributed by atoms with van der Waals surface area (Å²) in [6.45, 7) is 2.21.